The monoisotopic (exact) mass is 265 g/mol. The van der Waals surface area contributed by atoms with Gasteiger partial charge in [0.1, 0.15) is 0 Å². The summed E-state index contributed by atoms with van der Waals surface area (Å²) < 4.78 is 1.77. The van der Waals surface area contributed by atoms with Gasteiger partial charge in [-0.05, 0) is 18.3 Å². The first kappa shape index (κ1) is 12.3. The topological polar surface area (TPSA) is 46.3 Å². The molecule has 0 atom stereocenters. The quantitative estimate of drug-likeness (QED) is 0.729. The average molecular weight is 265 g/mol. The molecule has 20 heavy (non-hydrogen) atoms. The van der Waals surface area contributed by atoms with Crippen molar-refractivity contribution >= 4 is 11.7 Å². The van der Waals surface area contributed by atoms with E-state index in [4.69, 9.17) is 0 Å². The van der Waals surface area contributed by atoms with Crippen molar-refractivity contribution in [1.29, 1.82) is 0 Å². The van der Waals surface area contributed by atoms with Crippen LogP contribution in [-0.4, -0.2) is 38.8 Å². The van der Waals surface area contributed by atoms with Gasteiger partial charge >= 0.3 is 0 Å². The molecular weight excluding hydrogens is 250 g/mol. The maximum Gasteiger partial charge on any atom is 0.185 e. The van der Waals surface area contributed by atoms with Gasteiger partial charge in [-0.15, -0.1) is 10.2 Å². The lowest BCUT2D eigenvalue weighted by atomic mass is 10.2. The van der Waals surface area contributed by atoms with Crippen LogP contribution in [0.4, 0.5) is 0 Å². The van der Waals surface area contributed by atoms with E-state index in [0.29, 0.717) is 0 Å². The summed E-state index contributed by atoms with van der Waals surface area (Å²) in [4.78, 5) is 1.98. The Bertz CT molecular complexity index is 743. The first-order chi connectivity index (χ1) is 9.75. The number of nitrogens with zero attached hydrogens (tertiary/aromatic N) is 5. The summed E-state index contributed by atoms with van der Waals surface area (Å²) in [6.45, 7) is 0. The molecule has 2 heterocycles. The third kappa shape index (κ3) is 2.25. The zero-order valence-corrected chi connectivity index (χ0v) is 11.4. The number of hydrogen-bond donors (Lipinski definition) is 0. The zero-order chi connectivity index (χ0) is 13.9. The fourth-order valence-corrected chi connectivity index (χ4v) is 1.95. The highest BCUT2D eigenvalue weighted by Gasteiger charge is 2.10. The lowest BCUT2D eigenvalue weighted by molar-refractivity contribution is 0.567. The molecule has 0 aliphatic rings. The molecule has 3 aromatic rings. The van der Waals surface area contributed by atoms with Crippen LogP contribution < -0.4 is 0 Å². The van der Waals surface area contributed by atoms with E-state index in [1.165, 1.54) is 0 Å². The molecule has 0 saturated carbocycles. The molecule has 100 valence electrons. The lowest BCUT2D eigenvalue weighted by Gasteiger charge is -2.04. The summed E-state index contributed by atoms with van der Waals surface area (Å²) in [5.41, 5.74) is 2.74. The van der Waals surface area contributed by atoms with Crippen LogP contribution in [-0.2, 0) is 0 Å². The highest BCUT2D eigenvalue weighted by atomic mass is 15.4. The summed E-state index contributed by atoms with van der Waals surface area (Å²) in [5.74, 6) is 0.751. The molecule has 0 fully saturated rings. The number of benzene rings is 1. The van der Waals surface area contributed by atoms with Gasteiger partial charge in [0.15, 0.2) is 11.5 Å². The van der Waals surface area contributed by atoms with E-state index >= 15 is 0 Å². The molecule has 5 nitrogen and oxygen atoms in total. The number of fused-ring (bicyclic) bond motifs is 1. The fourth-order valence-electron chi connectivity index (χ4n) is 1.95. The van der Waals surface area contributed by atoms with E-state index in [-0.39, 0.29) is 0 Å². The molecule has 2 aromatic heterocycles. The Morgan fingerprint density at radius 1 is 1.05 bits per heavy atom. The van der Waals surface area contributed by atoms with Gasteiger partial charge in [-0.3, -0.25) is 0 Å². The van der Waals surface area contributed by atoms with E-state index in [9.17, 15) is 0 Å². The van der Waals surface area contributed by atoms with Crippen LogP contribution >= 0.6 is 0 Å². The second kappa shape index (κ2) is 5.13. The van der Waals surface area contributed by atoms with Crippen LogP contribution in [0.15, 0.2) is 48.8 Å². The van der Waals surface area contributed by atoms with Gasteiger partial charge in [-0.2, -0.15) is 9.61 Å². The van der Waals surface area contributed by atoms with Crippen molar-refractivity contribution in [3.63, 3.8) is 0 Å². The minimum absolute atomic E-state index is 0.751. The third-order valence-corrected chi connectivity index (χ3v) is 2.92. The van der Waals surface area contributed by atoms with Crippen molar-refractivity contribution in [3.05, 3.63) is 54.4 Å². The molecule has 5 heteroatoms. The van der Waals surface area contributed by atoms with Crippen LogP contribution in [0.3, 0.4) is 0 Å². The second-order valence-corrected chi connectivity index (χ2v) is 4.69. The minimum Gasteiger partial charge on any atom is -0.383 e. The largest absolute Gasteiger partial charge is 0.383 e. The number of rotatable bonds is 3. The van der Waals surface area contributed by atoms with E-state index in [2.05, 4.69) is 15.3 Å². The van der Waals surface area contributed by atoms with Crippen molar-refractivity contribution in [1.82, 2.24) is 24.7 Å². The molecule has 0 amide bonds. The van der Waals surface area contributed by atoms with Crippen molar-refractivity contribution < 1.29 is 0 Å². The molecule has 0 N–H and O–H groups in total. The Labute approximate surface area is 117 Å². The maximum atomic E-state index is 4.35. The van der Waals surface area contributed by atoms with Crippen LogP contribution in [0.2, 0.25) is 0 Å². The Hall–Kier alpha value is -2.69. The molecule has 3 rings (SSSR count). The van der Waals surface area contributed by atoms with Crippen molar-refractivity contribution in [2.75, 3.05) is 14.1 Å². The van der Waals surface area contributed by atoms with Gasteiger partial charge in [-0.1, -0.05) is 30.3 Å². The van der Waals surface area contributed by atoms with E-state index in [1.807, 2.05) is 67.7 Å². The molecule has 0 spiro atoms. The van der Waals surface area contributed by atoms with Crippen molar-refractivity contribution in [2.24, 2.45) is 0 Å². The Morgan fingerprint density at radius 2 is 1.85 bits per heavy atom. The van der Waals surface area contributed by atoms with E-state index in [0.717, 1.165) is 22.6 Å². The zero-order valence-electron chi connectivity index (χ0n) is 11.4. The average Bonchev–Trinajstić information content (AvgIpc) is 2.90. The summed E-state index contributed by atoms with van der Waals surface area (Å²) >= 11 is 0. The van der Waals surface area contributed by atoms with E-state index < -0.39 is 0 Å². The van der Waals surface area contributed by atoms with Gasteiger partial charge in [0.25, 0.3) is 0 Å². The lowest BCUT2D eigenvalue weighted by Crippen LogP contribution is -2.00. The van der Waals surface area contributed by atoms with Crippen molar-refractivity contribution in [3.8, 4) is 11.4 Å². The third-order valence-electron chi connectivity index (χ3n) is 2.92. The predicted molar refractivity (Wildman–Crippen MR) is 78.9 cm³/mol. The number of aromatic nitrogens is 4. The molecule has 0 aliphatic carbocycles. The highest BCUT2D eigenvalue weighted by molar-refractivity contribution is 5.67. The highest BCUT2D eigenvalue weighted by Crippen LogP contribution is 2.18. The molecular formula is C15H15N5. The fraction of sp³-hybridized carbons (Fsp3) is 0.133. The van der Waals surface area contributed by atoms with Gasteiger partial charge in [0.05, 0.1) is 0 Å². The smallest absolute Gasteiger partial charge is 0.185 e. The maximum absolute atomic E-state index is 4.35. The second-order valence-electron chi connectivity index (χ2n) is 4.69. The van der Waals surface area contributed by atoms with Gasteiger partial charge < -0.3 is 4.90 Å². The van der Waals surface area contributed by atoms with Crippen LogP contribution in [0.25, 0.3) is 23.1 Å². The van der Waals surface area contributed by atoms with Crippen LogP contribution in [0.1, 0.15) is 5.56 Å². The summed E-state index contributed by atoms with van der Waals surface area (Å²) in [6.07, 6.45) is 5.74. The first-order valence-corrected chi connectivity index (χ1v) is 6.36. The molecule has 0 radical (unpaired) electrons. The molecule has 1 aromatic carbocycles. The van der Waals surface area contributed by atoms with Gasteiger partial charge in [0, 0.05) is 31.4 Å². The summed E-state index contributed by atoms with van der Waals surface area (Å²) in [5, 5.41) is 12.9. The number of hydrogen-bond acceptors (Lipinski definition) is 4. The molecule has 0 bridgehead atoms. The van der Waals surface area contributed by atoms with Crippen LogP contribution in [0.5, 0.6) is 0 Å². The van der Waals surface area contributed by atoms with Gasteiger partial charge in [-0.25, -0.2) is 0 Å². The normalized spacial score (nSPS) is 11.3. The van der Waals surface area contributed by atoms with E-state index in [1.54, 1.807) is 10.7 Å². The Morgan fingerprint density at radius 3 is 2.60 bits per heavy atom. The first-order valence-electron chi connectivity index (χ1n) is 6.36. The Kier molecular flexibility index (Phi) is 3.16. The van der Waals surface area contributed by atoms with Crippen molar-refractivity contribution in [2.45, 2.75) is 0 Å². The SMILES string of the molecule is CN(C)/C=C/c1ccnn2c(-c3ccccc3)nnc12. The van der Waals surface area contributed by atoms with Gasteiger partial charge in [0.2, 0.25) is 0 Å². The minimum atomic E-state index is 0.751. The standard InChI is InChI=1S/C15H15N5/c1-19(2)11-9-13-8-10-16-20-14(17-18-15(13)20)12-6-4-3-5-7-12/h3-11H,1-2H3/b11-9+. The molecule has 0 saturated heterocycles. The summed E-state index contributed by atoms with van der Waals surface area (Å²) in [7, 11) is 3.96. The predicted octanol–water partition coefficient (Wildman–Crippen LogP) is 2.32. The molecule has 0 unspecified atom stereocenters. The summed E-state index contributed by atoms with van der Waals surface area (Å²) in [6, 6.07) is 11.9. The Balaban J connectivity index is 2.13. The molecule has 0 aliphatic heterocycles. The van der Waals surface area contributed by atoms with Crippen LogP contribution in [0, 0.1) is 0 Å².